The molecule has 0 radical (unpaired) electrons. The molecule has 0 spiro atoms. The van der Waals surface area contributed by atoms with E-state index >= 15 is 0 Å². The third-order valence-corrected chi connectivity index (χ3v) is 11.6. The molecule has 2 heterocycles. The number of anilines is 2. The van der Waals surface area contributed by atoms with Gasteiger partial charge in [-0.25, -0.2) is 0 Å². The Balaban J connectivity index is 0.000000181. The monoisotopic (exact) mass is 912 g/mol. The number of hydrogen-bond donors (Lipinski definition) is 0. The van der Waals surface area contributed by atoms with Crippen LogP contribution in [0.1, 0.15) is 22.3 Å². The molecule has 7 aromatic carbocycles. The fraction of sp³-hybridized carbons (Fsp3) is 0.132. The summed E-state index contributed by atoms with van der Waals surface area (Å²) in [4.78, 5) is 38.0. The number of benzene rings is 7. The van der Waals surface area contributed by atoms with E-state index in [1.807, 2.05) is 152 Å². The minimum atomic E-state index is -0.0950. The average Bonchev–Trinajstić information content (AvgIpc) is 3.54. The van der Waals surface area contributed by atoms with Crippen LogP contribution in [-0.4, -0.2) is 71.8 Å². The maximum absolute atomic E-state index is 12.8. The molecule has 0 aromatic heterocycles. The maximum atomic E-state index is 12.8. The first-order valence-corrected chi connectivity index (χ1v) is 21.3. The molecular formula is C53H45BrN4O6. The molecule has 0 aliphatic carbocycles. The summed E-state index contributed by atoms with van der Waals surface area (Å²) in [6, 6.07) is 51.2. The van der Waals surface area contributed by atoms with E-state index in [-0.39, 0.29) is 24.9 Å². The van der Waals surface area contributed by atoms with E-state index in [0.717, 1.165) is 89.0 Å². The zero-order valence-electron chi connectivity index (χ0n) is 36.0. The van der Waals surface area contributed by atoms with Gasteiger partial charge in [-0.3, -0.25) is 19.6 Å². The van der Waals surface area contributed by atoms with E-state index in [9.17, 15) is 9.59 Å². The largest absolute Gasteiger partial charge is 0.497 e. The number of ether oxygens (including phenoxy) is 4. The lowest BCUT2D eigenvalue weighted by Crippen LogP contribution is -2.27. The molecule has 2 aliphatic rings. The summed E-state index contributed by atoms with van der Waals surface area (Å²) in [7, 11) is 8.45. The lowest BCUT2D eigenvalue weighted by Gasteiger charge is -2.22. The molecule has 9 rings (SSSR count). The van der Waals surface area contributed by atoms with E-state index in [1.165, 1.54) is 0 Å². The molecule has 0 fully saturated rings. The summed E-state index contributed by atoms with van der Waals surface area (Å²) in [5, 5.41) is 0. The Bertz CT molecular complexity index is 2880. The number of likely N-dealkylation sites (N-methyl/N-ethyl adjacent to an activating group) is 2. The van der Waals surface area contributed by atoms with Crippen molar-refractivity contribution in [2.75, 3.05) is 58.3 Å². The molecule has 2 amide bonds. The lowest BCUT2D eigenvalue weighted by atomic mass is 9.94. The number of aliphatic imine (C=N–C) groups is 2. The standard InChI is InChI=1S/C30H26N2O4.C23H19BrN2O2/c1-32-26-18-28(35-3)24(23-11-7-8-12-27(23)36-22-9-5-4-6-10-22)17-25(26)30(31-19-29(32)33)20-13-15-21(34-2)16-14-20;1-26-20-13-21(28-2)18(15-6-4-3-5-7-15)12-19(20)23(25-14-22(26)27)16-8-10-17(24)11-9-16/h4-18H,19H2,1-3H3;3-13H,14H2,1-2H3. The van der Waals surface area contributed by atoms with Crippen molar-refractivity contribution in [1.82, 2.24) is 0 Å². The summed E-state index contributed by atoms with van der Waals surface area (Å²) in [6.07, 6.45) is 0. The summed E-state index contributed by atoms with van der Waals surface area (Å²) in [6.45, 7) is 0.164. The first kappa shape index (κ1) is 43.2. The SMILES string of the molecule is COc1cc2c(cc1-c1ccccc1)C(c1ccc(Br)cc1)=NCC(=O)N2C.COc1ccc(C2=NCC(=O)N(C)c3cc(OC)c(-c4ccccc4Oc4ccccc4)cc32)cc1. The molecule has 0 saturated heterocycles. The van der Waals surface area contributed by atoms with Gasteiger partial charge in [0, 0.05) is 69.6 Å². The van der Waals surface area contributed by atoms with E-state index in [0.29, 0.717) is 11.5 Å². The number of carbonyl (C=O) groups is 2. The molecule has 320 valence electrons. The van der Waals surface area contributed by atoms with Crippen molar-refractivity contribution in [2.24, 2.45) is 9.98 Å². The van der Waals surface area contributed by atoms with Crippen molar-refractivity contribution in [3.63, 3.8) is 0 Å². The van der Waals surface area contributed by atoms with Crippen molar-refractivity contribution in [2.45, 2.75) is 0 Å². The van der Waals surface area contributed by atoms with Crippen LogP contribution in [0.15, 0.2) is 172 Å². The number of benzodiazepines with no additional fused rings is 2. The van der Waals surface area contributed by atoms with E-state index in [1.54, 1.807) is 45.2 Å². The van der Waals surface area contributed by atoms with Gasteiger partial charge in [0.25, 0.3) is 0 Å². The lowest BCUT2D eigenvalue weighted by molar-refractivity contribution is -0.117. The predicted octanol–water partition coefficient (Wildman–Crippen LogP) is 10.9. The minimum absolute atomic E-state index is 0.0529. The number of halogens is 1. The highest BCUT2D eigenvalue weighted by molar-refractivity contribution is 9.10. The number of fused-ring (bicyclic) bond motifs is 2. The fourth-order valence-electron chi connectivity index (χ4n) is 7.65. The Morgan fingerprint density at radius 1 is 0.453 bits per heavy atom. The van der Waals surface area contributed by atoms with Gasteiger partial charge in [0.2, 0.25) is 11.8 Å². The smallest absolute Gasteiger partial charge is 0.248 e. The molecular weight excluding hydrogens is 869 g/mol. The van der Waals surface area contributed by atoms with Gasteiger partial charge in [0.1, 0.15) is 41.8 Å². The fourth-order valence-corrected chi connectivity index (χ4v) is 7.92. The summed E-state index contributed by atoms with van der Waals surface area (Å²) >= 11 is 3.48. The summed E-state index contributed by atoms with van der Waals surface area (Å²) in [5.74, 6) is 3.40. The van der Waals surface area contributed by atoms with Crippen molar-refractivity contribution >= 4 is 50.5 Å². The van der Waals surface area contributed by atoms with Gasteiger partial charge in [0.15, 0.2) is 0 Å². The summed E-state index contributed by atoms with van der Waals surface area (Å²) in [5.41, 5.74) is 10.4. The maximum Gasteiger partial charge on any atom is 0.248 e. The van der Waals surface area contributed by atoms with Crippen LogP contribution in [-0.2, 0) is 9.59 Å². The molecule has 64 heavy (non-hydrogen) atoms. The predicted molar refractivity (Wildman–Crippen MR) is 258 cm³/mol. The molecule has 0 bridgehead atoms. The van der Waals surface area contributed by atoms with Crippen molar-refractivity contribution in [1.29, 1.82) is 0 Å². The molecule has 2 aliphatic heterocycles. The van der Waals surface area contributed by atoms with Crippen LogP contribution in [0.5, 0.6) is 28.7 Å². The zero-order chi connectivity index (χ0) is 44.7. The third kappa shape index (κ3) is 9.02. The zero-order valence-corrected chi connectivity index (χ0v) is 37.6. The van der Waals surface area contributed by atoms with Crippen LogP contribution in [0.4, 0.5) is 11.4 Å². The minimum Gasteiger partial charge on any atom is -0.497 e. The van der Waals surface area contributed by atoms with Crippen LogP contribution in [0.2, 0.25) is 0 Å². The van der Waals surface area contributed by atoms with Gasteiger partial charge in [-0.2, -0.15) is 0 Å². The van der Waals surface area contributed by atoms with Crippen molar-refractivity contribution in [3.05, 3.63) is 184 Å². The van der Waals surface area contributed by atoms with Gasteiger partial charge < -0.3 is 28.7 Å². The average molecular weight is 914 g/mol. The second kappa shape index (κ2) is 19.3. The quantitative estimate of drug-likeness (QED) is 0.143. The van der Waals surface area contributed by atoms with Gasteiger partial charge >= 0.3 is 0 Å². The third-order valence-electron chi connectivity index (χ3n) is 11.1. The second-order valence-corrected chi connectivity index (χ2v) is 15.8. The van der Waals surface area contributed by atoms with Crippen LogP contribution < -0.4 is 28.7 Å². The highest BCUT2D eigenvalue weighted by Gasteiger charge is 2.27. The van der Waals surface area contributed by atoms with E-state index in [2.05, 4.69) is 27.0 Å². The Morgan fingerprint density at radius 2 is 0.938 bits per heavy atom. The van der Waals surface area contributed by atoms with Crippen LogP contribution >= 0.6 is 15.9 Å². The first-order chi connectivity index (χ1) is 31.2. The molecule has 0 saturated carbocycles. The van der Waals surface area contributed by atoms with E-state index < -0.39 is 0 Å². The van der Waals surface area contributed by atoms with Crippen LogP contribution in [0.25, 0.3) is 22.3 Å². The van der Waals surface area contributed by atoms with Gasteiger partial charge in [-0.05, 0) is 72.3 Å². The molecule has 0 atom stereocenters. The van der Waals surface area contributed by atoms with Gasteiger partial charge in [-0.15, -0.1) is 0 Å². The normalized spacial score (nSPS) is 13.2. The first-order valence-electron chi connectivity index (χ1n) is 20.5. The van der Waals surface area contributed by atoms with E-state index in [4.69, 9.17) is 23.9 Å². The Morgan fingerprint density at radius 3 is 1.48 bits per heavy atom. The summed E-state index contributed by atoms with van der Waals surface area (Å²) < 4.78 is 24.0. The number of nitrogens with zero attached hydrogens (tertiary/aromatic N) is 4. The van der Waals surface area contributed by atoms with Gasteiger partial charge in [0.05, 0.1) is 44.1 Å². The molecule has 0 N–H and O–H groups in total. The number of hydrogen-bond acceptors (Lipinski definition) is 8. The second-order valence-electron chi connectivity index (χ2n) is 14.9. The van der Waals surface area contributed by atoms with Crippen LogP contribution in [0.3, 0.4) is 0 Å². The molecule has 0 unspecified atom stereocenters. The Hall–Kier alpha value is -7.50. The highest BCUT2D eigenvalue weighted by atomic mass is 79.9. The molecule has 11 heteroatoms. The molecule has 10 nitrogen and oxygen atoms in total. The Kier molecular flexibility index (Phi) is 13.0. The highest BCUT2D eigenvalue weighted by Crippen LogP contribution is 2.43. The number of rotatable bonds is 9. The number of amides is 2. The number of para-hydroxylation sites is 2. The van der Waals surface area contributed by atoms with Crippen molar-refractivity contribution in [3.8, 4) is 51.0 Å². The van der Waals surface area contributed by atoms with Crippen molar-refractivity contribution < 1.29 is 28.5 Å². The topological polar surface area (TPSA) is 102 Å². The number of carbonyl (C=O) groups excluding carboxylic acids is 2. The van der Waals surface area contributed by atoms with Crippen LogP contribution in [0, 0.1) is 0 Å². The van der Waals surface area contributed by atoms with Gasteiger partial charge in [-0.1, -0.05) is 94.8 Å². The number of methoxy groups -OCH3 is 3. The molecule has 7 aromatic rings. The Labute approximate surface area is 381 Å².